The van der Waals surface area contributed by atoms with Crippen LogP contribution in [-0.2, 0) is 14.4 Å². The molecule has 0 saturated heterocycles. The molecule has 166 valence electrons. The van der Waals surface area contributed by atoms with Crippen LogP contribution in [0.1, 0.15) is 56.2 Å². The van der Waals surface area contributed by atoms with Crippen LogP contribution in [-0.4, -0.2) is 35.3 Å². The first-order valence-corrected chi connectivity index (χ1v) is 11.7. The number of hydrogen-bond acceptors (Lipinski definition) is 5. The van der Waals surface area contributed by atoms with E-state index in [2.05, 4.69) is 15.6 Å². The third kappa shape index (κ3) is 7.17. The van der Waals surface area contributed by atoms with Crippen LogP contribution in [0.2, 0.25) is 0 Å². The summed E-state index contributed by atoms with van der Waals surface area (Å²) in [6, 6.07) is 7.68. The zero-order valence-electron chi connectivity index (χ0n) is 18.1. The molecular formula is C23H30N4O3S. The number of carbonyl (C=O) groups excluding carboxylic acids is 3. The summed E-state index contributed by atoms with van der Waals surface area (Å²) in [7, 11) is 0. The highest BCUT2D eigenvalue weighted by atomic mass is 32.1. The lowest BCUT2D eigenvalue weighted by atomic mass is 9.95. The van der Waals surface area contributed by atoms with Crippen molar-refractivity contribution < 1.29 is 14.4 Å². The number of thiazole rings is 1. The molecule has 1 aromatic heterocycles. The molecule has 0 aliphatic heterocycles. The van der Waals surface area contributed by atoms with E-state index < -0.39 is 0 Å². The smallest absolute Gasteiger partial charge is 0.240 e. The Balaban J connectivity index is 1.61. The van der Waals surface area contributed by atoms with Crippen LogP contribution in [0.4, 0.5) is 10.8 Å². The van der Waals surface area contributed by atoms with Gasteiger partial charge >= 0.3 is 0 Å². The van der Waals surface area contributed by atoms with E-state index in [1.807, 2.05) is 43.5 Å². The minimum absolute atomic E-state index is 0.0147. The van der Waals surface area contributed by atoms with E-state index >= 15 is 0 Å². The van der Waals surface area contributed by atoms with Crippen molar-refractivity contribution in [3.05, 3.63) is 40.9 Å². The first kappa shape index (κ1) is 22.9. The van der Waals surface area contributed by atoms with Gasteiger partial charge in [0.05, 0.1) is 5.69 Å². The molecule has 1 aromatic carbocycles. The van der Waals surface area contributed by atoms with E-state index in [0.29, 0.717) is 10.8 Å². The fourth-order valence-corrected chi connectivity index (χ4v) is 4.44. The van der Waals surface area contributed by atoms with Gasteiger partial charge in [0, 0.05) is 30.0 Å². The zero-order valence-corrected chi connectivity index (χ0v) is 19.0. The summed E-state index contributed by atoms with van der Waals surface area (Å²) in [5.41, 5.74) is 2.51. The molecule has 0 atom stereocenters. The number of rotatable bonds is 8. The molecule has 1 saturated carbocycles. The van der Waals surface area contributed by atoms with Gasteiger partial charge in [-0.3, -0.25) is 14.4 Å². The molecule has 0 unspecified atom stereocenters. The molecule has 1 aliphatic carbocycles. The first-order chi connectivity index (χ1) is 14.9. The normalized spacial score (nSPS) is 14.1. The molecule has 7 nitrogen and oxygen atoms in total. The Morgan fingerprint density at radius 1 is 1.10 bits per heavy atom. The van der Waals surface area contributed by atoms with Gasteiger partial charge in [0.1, 0.15) is 6.54 Å². The van der Waals surface area contributed by atoms with Crippen molar-refractivity contribution >= 4 is 39.9 Å². The average molecular weight is 443 g/mol. The molecule has 2 aromatic rings. The Kier molecular flexibility index (Phi) is 8.17. The number of carbonyl (C=O) groups is 3. The van der Waals surface area contributed by atoms with Crippen molar-refractivity contribution in [1.82, 2.24) is 10.3 Å². The van der Waals surface area contributed by atoms with Crippen LogP contribution in [0.5, 0.6) is 0 Å². The number of nitrogens with zero attached hydrogens (tertiary/aromatic N) is 2. The largest absolute Gasteiger partial charge is 0.352 e. The highest BCUT2D eigenvalue weighted by Crippen LogP contribution is 2.20. The maximum absolute atomic E-state index is 13.0. The summed E-state index contributed by atoms with van der Waals surface area (Å²) in [5.74, 6) is -0.683. The van der Waals surface area contributed by atoms with Crippen LogP contribution in [0.3, 0.4) is 0 Å². The van der Waals surface area contributed by atoms with Crippen molar-refractivity contribution in [3.63, 3.8) is 0 Å². The van der Waals surface area contributed by atoms with E-state index in [1.54, 1.807) is 0 Å². The van der Waals surface area contributed by atoms with Gasteiger partial charge in [0.25, 0.3) is 0 Å². The molecule has 1 aliphatic rings. The van der Waals surface area contributed by atoms with E-state index in [1.165, 1.54) is 22.7 Å². The fourth-order valence-electron chi connectivity index (χ4n) is 3.73. The summed E-state index contributed by atoms with van der Waals surface area (Å²) in [5, 5.41) is 8.17. The maximum atomic E-state index is 13.0. The summed E-state index contributed by atoms with van der Waals surface area (Å²) in [6.45, 7) is 3.75. The lowest BCUT2D eigenvalue weighted by Gasteiger charge is -2.26. The van der Waals surface area contributed by atoms with Crippen molar-refractivity contribution in [2.75, 3.05) is 16.8 Å². The molecule has 3 amide bonds. The van der Waals surface area contributed by atoms with Crippen molar-refractivity contribution in [2.45, 2.75) is 64.8 Å². The van der Waals surface area contributed by atoms with Gasteiger partial charge < -0.3 is 15.5 Å². The monoisotopic (exact) mass is 442 g/mol. The quantitative estimate of drug-likeness (QED) is 0.647. The van der Waals surface area contributed by atoms with Crippen molar-refractivity contribution in [3.8, 4) is 0 Å². The summed E-state index contributed by atoms with van der Waals surface area (Å²) in [6.07, 6.45) is 5.48. The molecule has 31 heavy (non-hydrogen) atoms. The molecular weight excluding hydrogens is 412 g/mol. The van der Waals surface area contributed by atoms with Crippen LogP contribution >= 0.6 is 11.3 Å². The number of anilines is 2. The summed E-state index contributed by atoms with van der Waals surface area (Å²) >= 11 is 1.35. The van der Waals surface area contributed by atoms with E-state index in [-0.39, 0.29) is 43.1 Å². The van der Waals surface area contributed by atoms with Crippen molar-refractivity contribution in [1.29, 1.82) is 0 Å². The van der Waals surface area contributed by atoms with Gasteiger partial charge in [-0.2, -0.15) is 0 Å². The van der Waals surface area contributed by atoms with E-state index in [4.69, 9.17) is 0 Å². The summed E-state index contributed by atoms with van der Waals surface area (Å²) in [4.78, 5) is 43.6. The minimum atomic E-state index is -0.265. The SMILES string of the molecule is Cc1cccc(N(CC(=O)NC2CCCCC2)C(=O)CCC(=O)Nc2nc(C)cs2)c1. The Hall–Kier alpha value is -2.74. The van der Waals surface area contributed by atoms with Crippen LogP contribution in [0.25, 0.3) is 0 Å². The Morgan fingerprint density at radius 3 is 2.55 bits per heavy atom. The second-order valence-electron chi connectivity index (χ2n) is 8.06. The molecule has 1 fully saturated rings. The highest BCUT2D eigenvalue weighted by Gasteiger charge is 2.22. The maximum Gasteiger partial charge on any atom is 0.240 e. The molecule has 3 rings (SSSR count). The van der Waals surface area contributed by atoms with E-state index in [9.17, 15) is 14.4 Å². The second kappa shape index (κ2) is 11.0. The molecule has 0 spiro atoms. The lowest BCUT2D eigenvalue weighted by Crippen LogP contribution is -2.45. The third-order valence-electron chi connectivity index (χ3n) is 5.32. The Morgan fingerprint density at radius 2 is 1.87 bits per heavy atom. The van der Waals surface area contributed by atoms with Gasteiger partial charge in [-0.25, -0.2) is 4.98 Å². The second-order valence-corrected chi connectivity index (χ2v) is 8.92. The van der Waals surface area contributed by atoms with E-state index in [0.717, 1.165) is 36.9 Å². The van der Waals surface area contributed by atoms with Gasteiger partial charge in [-0.1, -0.05) is 31.4 Å². The van der Waals surface area contributed by atoms with Gasteiger partial charge in [0.2, 0.25) is 17.7 Å². The number of aryl methyl sites for hydroxylation is 2. The lowest BCUT2D eigenvalue weighted by molar-refractivity contribution is -0.125. The number of amides is 3. The predicted molar refractivity (Wildman–Crippen MR) is 123 cm³/mol. The third-order valence-corrected chi connectivity index (χ3v) is 6.19. The molecule has 0 bridgehead atoms. The van der Waals surface area contributed by atoms with Gasteiger partial charge in [-0.15, -0.1) is 11.3 Å². The topological polar surface area (TPSA) is 91.4 Å². The zero-order chi connectivity index (χ0) is 22.2. The fraction of sp³-hybridized carbons (Fsp3) is 0.478. The van der Waals surface area contributed by atoms with Gasteiger partial charge in [-0.05, 0) is 44.4 Å². The predicted octanol–water partition coefficient (Wildman–Crippen LogP) is 3.96. The highest BCUT2D eigenvalue weighted by molar-refractivity contribution is 7.13. The average Bonchev–Trinajstić information content (AvgIpc) is 3.15. The molecule has 8 heteroatoms. The Labute approximate surface area is 187 Å². The van der Waals surface area contributed by atoms with Crippen LogP contribution in [0.15, 0.2) is 29.6 Å². The molecule has 2 N–H and O–H groups in total. The molecule has 1 heterocycles. The van der Waals surface area contributed by atoms with Gasteiger partial charge in [0.15, 0.2) is 5.13 Å². The van der Waals surface area contributed by atoms with Crippen LogP contribution < -0.4 is 15.5 Å². The minimum Gasteiger partial charge on any atom is -0.352 e. The number of nitrogens with one attached hydrogen (secondary N) is 2. The van der Waals surface area contributed by atoms with Crippen molar-refractivity contribution in [2.24, 2.45) is 0 Å². The molecule has 0 radical (unpaired) electrons. The first-order valence-electron chi connectivity index (χ1n) is 10.8. The Bertz CT molecular complexity index is 921. The standard InChI is InChI=1S/C23H30N4O3S/c1-16-7-6-10-19(13-16)27(14-21(29)25-18-8-4-3-5-9-18)22(30)12-11-20(28)26-23-24-17(2)15-31-23/h6-7,10,13,15,18H,3-5,8-9,11-12,14H2,1-2H3,(H,25,29)(H,24,26,28). The number of aromatic nitrogens is 1. The number of hydrogen-bond donors (Lipinski definition) is 2. The van der Waals surface area contributed by atoms with Crippen LogP contribution in [0, 0.1) is 13.8 Å². The summed E-state index contributed by atoms with van der Waals surface area (Å²) < 4.78 is 0. The number of benzene rings is 1.